The molecule has 0 spiro atoms. The molecule has 0 heterocycles. The minimum Gasteiger partial charge on any atom is -0.365 e. The summed E-state index contributed by atoms with van der Waals surface area (Å²) in [6, 6.07) is 3.82. The minimum atomic E-state index is -4.28. The molecule has 108 valence electrons. The van der Waals surface area contributed by atoms with Crippen LogP contribution in [-0.4, -0.2) is 26.3 Å². The van der Waals surface area contributed by atoms with E-state index < -0.39 is 18.5 Å². The van der Waals surface area contributed by atoms with Gasteiger partial charge < -0.3 is 10.2 Å². The van der Waals surface area contributed by atoms with Crippen LogP contribution in [0.4, 0.5) is 23.2 Å². The summed E-state index contributed by atoms with van der Waals surface area (Å²) < 4.78 is 50.3. The van der Waals surface area contributed by atoms with E-state index in [0.29, 0.717) is 17.8 Å². The quantitative estimate of drug-likeness (QED) is 0.634. The van der Waals surface area contributed by atoms with Crippen LogP contribution in [0.2, 0.25) is 0 Å². The number of hydrogen-bond acceptors (Lipinski definition) is 2. The molecule has 0 aliphatic heterocycles. The van der Waals surface area contributed by atoms with Crippen molar-refractivity contribution in [2.75, 3.05) is 25.0 Å². The van der Waals surface area contributed by atoms with Crippen molar-refractivity contribution in [1.82, 2.24) is 5.32 Å². The largest absolute Gasteiger partial charge is 0.405 e. The summed E-state index contributed by atoms with van der Waals surface area (Å²) in [5, 5.41) is 3.06. The molecule has 1 aromatic carbocycles. The van der Waals surface area contributed by atoms with Crippen molar-refractivity contribution in [2.24, 2.45) is 0 Å². The van der Waals surface area contributed by atoms with Crippen molar-refractivity contribution in [1.29, 1.82) is 0 Å². The van der Waals surface area contributed by atoms with Gasteiger partial charge in [0.15, 0.2) is 0 Å². The van der Waals surface area contributed by atoms with E-state index in [1.165, 1.54) is 25.2 Å². The number of nitrogens with one attached hydrogen (secondary N) is 1. The summed E-state index contributed by atoms with van der Waals surface area (Å²) in [4.78, 5) is 1.09. The lowest BCUT2D eigenvalue weighted by Gasteiger charge is -2.24. The first kappa shape index (κ1) is 15.8. The molecule has 0 amide bonds. The lowest BCUT2D eigenvalue weighted by molar-refractivity contribution is -0.119. The van der Waals surface area contributed by atoms with Crippen LogP contribution >= 0.6 is 0 Å². The van der Waals surface area contributed by atoms with Gasteiger partial charge in [-0.1, -0.05) is 6.92 Å². The van der Waals surface area contributed by atoms with Crippen molar-refractivity contribution in [2.45, 2.75) is 26.1 Å². The standard InChI is InChI=1S/C13H18F4N2/c1-3-6-18-8-10-7-11(14)4-5-12(10)19(2)9-13(15,16)17/h4-5,7,18H,3,6,8-9H2,1-2H3. The predicted molar refractivity (Wildman–Crippen MR) is 67.7 cm³/mol. The number of rotatable bonds is 6. The molecule has 0 fully saturated rings. The van der Waals surface area contributed by atoms with E-state index >= 15 is 0 Å². The average molecular weight is 278 g/mol. The molecule has 0 saturated carbocycles. The van der Waals surface area contributed by atoms with E-state index in [4.69, 9.17) is 0 Å². The Kier molecular flexibility index (Phi) is 5.60. The number of alkyl halides is 3. The Hall–Kier alpha value is -1.30. The fourth-order valence-corrected chi connectivity index (χ4v) is 1.82. The second kappa shape index (κ2) is 6.75. The summed E-state index contributed by atoms with van der Waals surface area (Å²) in [7, 11) is 1.35. The Balaban J connectivity index is 2.86. The van der Waals surface area contributed by atoms with Crippen LogP contribution in [0.3, 0.4) is 0 Å². The maximum atomic E-state index is 13.2. The first-order chi connectivity index (χ1) is 8.83. The third-order valence-electron chi connectivity index (χ3n) is 2.61. The zero-order chi connectivity index (χ0) is 14.5. The molecule has 1 rings (SSSR count). The molecule has 0 saturated heterocycles. The van der Waals surface area contributed by atoms with Gasteiger partial charge in [-0.25, -0.2) is 4.39 Å². The lowest BCUT2D eigenvalue weighted by atomic mass is 10.1. The number of benzene rings is 1. The number of nitrogens with zero attached hydrogens (tertiary/aromatic N) is 1. The molecule has 0 radical (unpaired) electrons. The lowest BCUT2D eigenvalue weighted by Crippen LogP contribution is -2.32. The highest BCUT2D eigenvalue weighted by Crippen LogP contribution is 2.24. The molecule has 0 aliphatic rings. The van der Waals surface area contributed by atoms with Gasteiger partial charge >= 0.3 is 6.18 Å². The molecular weight excluding hydrogens is 260 g/mol. The number of anilines is 1. The third kappa shape index (κ3) is 5.46. The third-order valence-corrected chi connectivity index (χ3v) is 2.61. The molecule has 0 aliphatic carbocycles. The zero-order valence-corrected chi connectivity index (χ0v) is 11.0. The Morgan fingerprint density at radius 3 is 2.53 bits per heavy atom. The fraction of sp³-hybridized carbons (Fsp3) is 0.538. The van der Waals surface area contributed by atoms with Crippen LogP contribution < -0.4 is 10.2 Å². The highest BCUT2D eigenvalue weighted by atomic mass is 19.4. The van der Waals surface area contributed by atoms with Crippen LogP contribution in [0.5, 0.6) is 0 Å². The van der Waals surface area contributed by atoms with Crippen molar-refractivity contribution in [3.63, 3.8) is 0 Å². The van der Waals surface area contributed by atoms with Gasteiger partial charge in [0.05, 0.1) is 0 Å². The van der Waals surface area contributed by atoms with E-state index in [9.17, 15) is 17.6 Å². The van der Waals surface area contributed by atoms with Gasteiger partial charge in [-0.15, -0.1) is 0 Å². The molecule has 0 bridgehead atoms. The molecule has 19 heavy (non-hydrogen) atoms. The summed E-state index contributed by atoms with van der Waals surface area (Å²) in [5.74, 6) is -0.447. The number of hydrogen-bond donors (Lipinski definition) is 1. The minimum absolute atomic E-state index is 0.350. The fourth-order valence-electron chi connectivity index (χ4n) is 1.82. The monoisotopic (exact) mass is 278 g/mol. The summed E-state index contributed by atoms with van der Waals surface area (Å²) >= 11 is 0. The van der Waals surface area contributed by atoms with Crippen molar-refractivity contribution in [3.8, 4) is 0 Å². The second-order valence-electron chi connectivity index (χ2n) is 4.42. The second-order valence-corrected chi connectivity index (χ2v) is 4.42. The number of halogens is 4. The van der Waals surface area contributed by atoms with E-state index in [2.05, 4.69) is 5.32 Å². The molecule has 0 atom stereocenters. The van der Waals surface area contributed by atoms with Gasteiger partial charge in [0.1, 0.15) is 12.4 Å². The Morgan fingerprint density at radius 2 is 1.95 bits per heavy atom. The van der Waals surface area contributed by atoms with Crippen LogP contribution in [0.15, 0.2) is 18.2 Å². The summed E-state index contributed by atoms with van der Waals surface area (Å²) in [6.07, 6.45) is -3.37. The van der Waals surface area contributed by atoms with Gasteiger partial charge in [-0.05, 0) is 36.7 Å². The Bertz CT molecular complexity index is 404. The average Bonchev–Trinajstić information content (AvgIpc) is 2.27. The first-order valence-corrected chi connectivity index (χ1v) is 6.10. The normalized spacial score (nSPS) is 11.7. The smallest absolute Gasteiger partial charge is 0.365 e. The highest BCUT2D eigenvalue weighted by Gasteiger charge is 2.30. The molecule has 2 nitrogen and oxygen atoms in total. The molecule has 0 unspecified atom stereocenters. The summed E-state index contributed by atoms with van der Waals surface area (Å²) in [6.45, 7) is 2.01. The Morgan fingerprint density at radius 1 is 1.26 bits per heavy atom. The highest BCUT2D eigenvalue weighted by molar-refractivity contribution is 5.53. The van der Waals surface area contributed by atoms with Gasteiger partial charge in [0, 0.05) is 19.3 Å². The molecule has 0 aromatic heterocycles. The van der Waals surface area contributed by atoms with E-state index in [0.717, 1.165) is 17.9 Å². The molecule has 1 N–H and O–H groups in total. The topological polar surface area (TPSA) is 15.3 Å². The Labute approximate surface area is 110 Å². The van der Waals surface area contributed by atoms with Crippen molar-refractivity contribution < 1.29 is 17.6 Å². The van der Waals surface area contributed by atoms with E-state index in [-0.39, 0.29) is 0 Å². The van der Waals surface area contributed by atoms with Crippen LogP contribution in [0.1, 0.15) is 18.9 Å². The van der Waals surface area contributed by atoms with Gasteiger partial charge in [0.2, 0.25) is 0 Å². The van der Waals surface area contributed by atoms with E-state index in [1.54, 1.807) is 0 Å². The molecular formula is C13H18F4N2. The zero-order valence-electron chi connectivity index (χ0n) is 11.0. The SMILES string of the molecule is CCCNCc1cc(F)ccc1N(C)CC(F)(F)F. The summed E-state index contributed by atoms with van der Waals surface area (Å²) in [5.41, 5.74) is 0.919. The van der Waals surface area contributed by atoms with Gasteiger partial charge in [-0.3, -0.25) is 0 Å². The van der Waals surface area contributed by atoms with Crippen LogP contribution in [0.25, 0.3) is 0 Å². The van der Waals surface area contributed by atoms with Gasteiger partial charge in [0.25, 0.3) is 0 Å². The maximum absolute atomic E-state index is 13.2. The first-order valence-electron chi connectivity index (χ1n) is 6.10. The molecule has 6 heteroatoms. The van der Waals surface area contributed by atoms with Crippen LogP contribution in [0, 0.1) is 5.82 Å². The van der Waals surface area contributed by atoms with E-state index in [1.807, 2.05) is 6.92 Å². The van der Waals surface area contributed by atoms with Gasteiger partial charge in [-0.2, -0.15) is 13.2 Å². The molecule has 1 aromatic rings. The predicted octanol–water partition coefficient (Wildman–Crippen LogP) is 3.32. The van der Waals surface area contributed by atoms with Crippen molar-refractivity contribution >= 4 is 5.69 Å². The maximum Gasteiger partial charge on any atom is 0.405 e. The van der Waals surface area contributed by atoms with Crippen molar-refractivity contribution in [3.05, 3.63) is 29.6 Å². The van der Waals surface area contributed by atoms with Crippen LogP contribution in [-0.2, 0) is 6.54 Å².